The summed E-state index contributed by atoms with van der Waals surface area (Å²) >= 11 is 0. The zero-order valence-corrected chi connectivity index (χ0v) is 10.9. The Morgan fingerprint density at radius 2 is 1.38 bits per heavy atom. The first-order valence-electron chi connectivity index (χ1n) is 5.71. The van der Waals surface area contributed by atoms with Gasteiger partial charge in [-0.1, -0.05) is 18.2 Å². The van der Waals surface area contributed by atoms with Gasteiger partial charge in [-0.3, -0.25) is 4.79 Å². The number of aliphatic carboxylic acids is 2. The van der Waals surface area contributed by atoms with Gasteiger partial charge in [0, 0.05) is 6.92 Å². The first-order chi connectivity index (χ1) is 9.82. The van der Waals surface area contributed by atoms with E-state index in [4.69, 9.17) is 10.2 Å². The minimum atomic E-state index is -2.15. The fourth-order valence-corrected chi connectivity index (χ4v) is 1.42. The summed E-state index contributed by atoms with van der Waals surface area (Å²) in [5, 5.41) is 17.9. The Balaban J connectivity index is 2.95. The Labute approximate surface area is 118 Å². The van der Waals surface area contributed by atoms with Gasteiger partial charge in [0.2, 0.25) is 12.2 Å². The molecule has 2 N–H and O–H groups in total. The quantitative estimate of drug-likeness (QED) is 0.718. The number of carbonyl (C=O) groups is 4. The van der Waals surface area contributed by atoms with Crippen LogP contribution in [-0.2, 0) is 23.9 Å². The maximum Gasteiger partial charge on any atom is 0.349 e. The molecule has 0 aliphatic carbocycles. The lowest BCUT2D eigenvalue weighted by Crippen LogP contribution is -2.45. The molecule has 8 heteroatoms. The predicted octanol–water partition coefficient (Wildman–Crippen LogP) is 0.313. The van der Waals surface area contributed by atoms with Gasteiger partial charge in [0.15, 0.2) is 0 Å². The van der Waals surface area contributed by atoms with Crippen LogP contribution in [-0.4, -0.2) is 46.3 Å². The molecule has 0 heterocycles. The van der Waals surface area contributed by atoms with Crippen molar-refractivity contribution in [2.45, 2.75) is 19.1 Å². The molecule has 8 nitrogen and oxygen atoms in total. The lowest BCUT2D eigenvalue weighted by molar-refractivity contribution is -0.177. The maximum absolute atomic E-state index is 11.8. The molecule has 2 atom stereocenters. The predicted molar refractivity (Wildman–Crippen MR) is 66.5 cm³/mol. The summed E-state index contributed by atoms with van der Waals surface area (Å²) in [4.78, 5) is 44.6. The van der Waals surface area contributed by atoms with Crippen LogP contribution in [0.4, 0.5) is 0 Å². The van der Waals surface area contributed by atoms with E-state index in [2.05, 4.69) is 9.47 Å². The molecule has 0 aliphatic heterocycles. The van der Waals surface area contributed by atoms with Gasteiger partial charge in [-0.25, -0.2) is 14.4 Å². The third kappa shape index (κ3) is 4.60. The number of carboxylic acids is 2. The number of carboxylic acid groups (broad SMARTS) is 2. The van der Waals surface area contributed by atoms with Crippen molar-refractivity contribution >= 4 is 23.9 Å². The molecule has 1 aromatic carbocycles. The lowest BCUT2D eigenvalue weighted by atomic mass is 10.2. The molecular weight excluding hydrogens is 284 g/mol. The van der Waals surface area contributed by atoms with E-state index in [1.54, 1.807) is 6.07 Å². The van der Waals surface area contributed by atoms with Gasteiger partial charge in [-0.05, 0) is 12.1 Å². The lowest BCUT2D eigenvalue weighted by Gasteiger charge is -2.20. The molecule has 0 spiro atoms. The molecule has 0 saturated carbocycles. The van der Waals surface area contributed by atoms with Crippen LogP contribution in [0.2, 0.25) is 0 Å². The SMILES string of the molecule is CC(=O)O[C@@H](C(=O)O)[C@@H](OC(=O)c1ccccc1)C(=O)O. The standard InChI is InChI=1S/C13H12O8/c1-7(14)20-9(11(15)16)10(12(17)18)21-13(19)8-5-3-2-4-6-8/h2-6,9-10H,1H3,(H,15,16)(H,17,18)/t9-,10-/m1/s1. The van der Waals surface area contributed by atoms with Gasteiger partial charge in [0.05, 0.1) is 5.56 Å². The highest BCUT2D eigenvalue weighted by Gasteiger charge is 2.40. The van der Waals surface area contributed by atoms with Crippen LogP contribution in [0.15, 0.2) is 30.3 Å². The topological polar surface area (TPSA) is 127 Å². The second-order valence-electron chi connectivity index (χ2n) is 3.90. The number of hydrogen-bond acceptors (Lipinski definition) is 6. The Morgan fingerprint density at radius 1 is 0.905 bits per heavy atom. The molecule has 0 saturated heterocycles. The third-order valence-corrected chi connectivity index (χ3v) is 2.30. The minimum absolute atomic E-state index is 0.0377. The van der Waals surface area contributed by atoms with Gasteiger partial charge in [0.1, 0.15) is 0 Å². The summed E-state index contributed by atoms with van der Waals surface area (Å²) in [7, 11) is 0. The summed E-state index contributed by atoms with van der Waals surface area (Å²) in [5.41, 5.74) is 0.0377. The fourth-order valence-electron chi connectivity index (χ4n) is 1.42. The van der Waals surface area contributed by atoms with E-state index < -0.39 is 36.1 Å². The molecule has 0 unspecified atom stereocenters. The van der Waals surface area contributed by atoms with Gasteiger partial charge in [-0.15, -0.1) is 0 Å². The number of ether oxygens (including phenoxy) is 2. The van der Waals surface area contributed by atoms with Gasteiger partial charge in [0.25, 0.3) is 0 Å². The van der Waals surface area contributed by atoms with Crippen molar-refractivity contribution in [3.05, 3.63) is 35.9 Å². The number of carbonyl (C=O) groups excluding carboxylic acids is 2. The zero-order valence-electron chi connectivity index (χ0n) is 10.9. The van der Waals surface area contributed by atoms with Crippen LogP contribution >= 0.6 is 0 Å². The average Bonchev–Trinajstić information content (AvgIpc) is 2.42. The number of hydrogen-bond donors (Lipinski definition) is 2. The second-order valence-corrected chi connectivity index (χ2v) is 3.90. The zero-order chi connectivity index (χ0) is 16.0. The molecule has 112 valence electrons. The Kier molecular flexibility index (Phi) is 5.41. The van der Waals surface area contributed by atoms with Crippen molar-refractivity contribution in [2.24, 2.45) is 0 Å². The van der Waals surface area contributed by atoms with Gasteiger partial charge in [-0.2, -0.15) is 0 Å². The van der Waals surface area contributed by atoms with E-state index in [-0.39, 0.29) is 5.56 Å². The van der Waals surface area contributed by atoms with Gasteiger partial charge >= 0.3 is 23.9 Å². The maximum atomic E-state index is 11.8. The molecular formula is C13H12O8. The van der Waals surface area contributed by atoms with E-state index in [1.807, 2.05) is 0 Å². The van der Waals surface area contributed by atoms with Crippen LogP contribution < -0.4 is 0 Å². The highest BCUT2D eigenvalue weighted by molar-refractivity contribution is 5.93. The van der Waals surface area contributed by atoms with Crippen LogP contribution in [0.1, 0.15) is 17.3 Å². The first kappa shape index (κ1) is 16.2. The normalized spacial score (nSPS) is 12.8. The third-order valence-electron chi connectivity index (χ3n) is 2.30. The van der Waals surface area contributed by atoms with E-state index >= 15 is 0 Å². The van der Waals surface area contributed by atoms with Crippen LogP contribution in [0.25, 0.3) is 0 Å². The molecule has 1 rings (SSSR count). The van der Waals surface area contributed by atoms with E-state index in [1.165, 1.54) is 24.3 Å². The van der Waals surface area contributed by atoms with Crippen molar-refractivity contribution in [1.29, 1.82) is 0 Å². The van der Waals surface area contributed by atoms with Gasteiger partial charge < -0.3 is 19.7 Å². The summed E-state index contributed by atoms with van der Waals surface area (Å²) < 4.78 is 9.00. The highest BCUT2D eigenvalue weighted by atomic mass is 16.6. The number of rotatable bonds is 6. The number of benzene rings is 1. The molecule has 0 aromatic heterocycles. The van der Waals surface area contributed by atoms with Crippen molar-refractivity contribution in [1.82, 2.24) is 0 Å². The summed E-state index contributed by atoms with van der Waals surface area (Å²) in [6, 6.07) is 7.40. The second kappa shape index (κ2) is 7.04. The summed E-state index contributed by atoms with van der Waals surface area (Å²) in [5.74, 6) is -5.53. The molecule has 0 amide bonds. The molecule has 1 aromatic rings. The van der Waals surface area contributed by atoms with Crippen molar-refractivity contribution in [3.63, 3.8) is 0 Å². The Bertz CT molecular complexity index is 551. The highest BCUT2D eigenvalue weighted by Crippen LogP contribution is 2.10. The Morgan fingerprint density at radius 3 is 1.81 bits per heavy atom. The minimum Gasteiger partial charge on any atom is -0.478 e. The Hall–Kier alpha value is -2.90. The average molecular weight is 296 g/mol. The van der Waals surface area contributed by atoms with Crippen LogP contribution in [0.5, 0.6) is 0 Å². The molecule has 0 fully saturated rings. The van der Waals surface area contributed by atoms with Crippen LogP contribution in [0.3, 0.4) is 0 Å². The summed E-state index contributed by atoms with van der Waals surface area (Å²) in [6.07, 6.45) is -4.29. The molecule has 0 bridgehead atoms. The largest absolute Gasteiger partial charge is 0.478 e. The smallest absolute Gasteiger partial charge is 0.349 e. The molecule has 0 radical (unpaired) electrons. The first-order valence-corrected chi connectivity index (χ1v) is 5.71. The number of esters is 2. The molecule has 0 aliphatic rings. The van der Waals surface area contributed by atoms with Crippen LogP contribution in [0, 0.1) is 0 Å². The van der Waals surface area contributed by atoms with Crippen molar-refractivity contribution in [3.8, 4) is 0 Å². The molecule has 21 heavy (non-hydrogen) atoms. The fraction of sp³-hybridized carbons (Fsp3) is 0.231. The van der Waals surface area contributed by atoms with E-state index in [0.717, 1.165) is 6.92 Å². The monoisotopic (exact) mass is 296 g/mol. The van der Waals surface area contributed by atoms with Crippen molar-refractivity contribution in [2.75, 3.05) is 0 Å². The van der Waals surface area contributed by atoms with Crippen molar-refractivity contribution < 1.29 is 38.9 Å². The van der Waals surface area contributed by atoms with E-state index in [0.29, 0.717) is 0 Å². The van der Waals surface area contributed by atoms with E-state index in [9.17, 15) is 19.2 Å². The summed E-state index contributed by atoms with van der Waals surface area (Å²) in [6.45, 7) is 0.911.